The van der Waals surface area contributed by atoms with Gasteiger partial charge in [0.2, 0.25) is 0 Å². The summed E-state index contributed by atoms with van der Waals surface area (Å²) in [5, 5.41) is 4.26. The summed E-state index contributed by atoms with van der Waals surface area (Å²) in [7, 11) is 1.91. The van der Waals surface area contributed by atoms with E-state index in [2.05, 4.69) is 30.4 Å². The van der Waals surface area contributed by atoms with E-state index in [9.17, 15) is 0 Å². The molecule has 2 aromatic carbocycles. The highest BCUT2D eigenvalue weighted by Crippen LogP contribution is 2.27. The van der Waals surface area contributed by atoms with Gasteiger partial charge in [-0.05, 0) is 32.2 Å². The molecule has 0 unspecified atom stereocenters. The maximum Gasteiger partial charge on any atom is 0.134 e. The molecule has 1 aromatic heterocycles. The molecule has 0 fully saturated rings. The molecule has 0 saturated heterocycles. The van der Waals surface area contributed by atoms with Crippen LogP contribution >= 0.6 is 0 Å². The van der Waals surface area contributed by atoms with Crippen molar-refractivity contribution in [1.29, 1.82) is 0 Å². The molecule has 0 aliphatic rings. The normalized spacial score (nSPS) is 11.0. The number of furan rings is 1. The van der Waals surface area contributed by atoms with Gasteiger partial charge in [0, 0.05) is 10.9 Å². The van der Waals surface area contributed by atoms with Crippen LogP contribution in [-0.2, 0) is 13.2 Å². The summed E-state index contributed by atoms with van der Waals surface area (Å²) >= 11 is 0. The zero-order valence-electron chi connectivity index (χ0n) is 12.3. The zero-order valence-corrected chi connectivity index (χ0v) is 12.3. The minimum Gasteiger partial charge on any atom is -0.489 e. The Bertz CT molecular complexity index is 729. The summed E-state index contributed by atoms with van der Waals surface area (Å²) in [4.78, 5) is 0. The first-order valence-electron chi connectivity index (χ1n) is 7.11. The van der Waals surface area contributed by atoms with E-state index in [1.54, 1.807) is 0 Å². The number of ether oxygens (including phenoxy) is 1. The topological polar surface area (TPSA) is 34.4 Å². The third-order valence-electron chi connectivity index (χ3n) is 3.52. The van der Waals surface area contributed by atoms with Crippen molar-refractivity contribution < 1.29 is 9.15 Å². The van der Waals surface area contributed by atoms with Gasteiger partial charge >= 0.3 is 0 Å². The van der Waals surface area contributed by atoms with Gasteiger partial charge in [-0.1, -0.05) is 35.9 Å². The number of rotatable bonds is 5. The minimum atomic E-state index is 0.511. The number of hydrogen-bond donors (Lipinski definition) is 1. The zero-order chi connectivity index (χ0) is 14.7. The maximum atomic E-state index is 5.91. The lowest BCUT2D eigenvalue weighted by Crippen LogP contribution is -2.07. The van der Waals surface area contributed by atoms with Gasteiger partial charge in [-0.3, -0.25) is 0 Å². The molecule has 0 radical (unpaired) electrons. The summed E-state index contributed by atoms with van der Waals surface area (Å²) in [6.45, 7) is 3.27. The monoisotopic (exact) mass is 281 g/mol. The van der Waals surface area contributed by atoms with Crippen molar-refractivity contribution in [3.05, 3.63) is 65.4 Å². The Morgan fingerprint density at radius 3 is 2.57 bits per heavy atom. The van der Waals surface area contributed by atoms with Crippen molar-refractivity contribution in [2.24, 2.45) is 0 Å². The van der Waals surface area contributed by atoms with Crippen molar-refractivity contribution >= 4 is 11.0 Å². The van der Waals surface area contributed by atoms with E-state index in [0.29, 0.717) is 13.2 Å². The average molecular weight is 281 g/mol. The molecule has 0 bridgehead atoms. The van der Waals surface area contributed by atoms with Crippen LogP contribution in [0.1, 0.15) is 16.9 Å². The smallest absolute Gasteiger partial charge is 0.134 e. The quantitative estimate of drug-likeness (QED) is 0.766. The summed E-state index contributed by atoms with van der Waals surface area (Å²) in [5.41, 5.74) is 3.25. The second kappa shape index (κ2) is 6.02. The van der Waals surface area contributed by atoms with Crippen molar-refractivity contribution in [2.45, 2.75) is 20.1 Å². The van der Waals surface area contributed by atoms with Gasteiger partial charge in [0.1, 0.15) is 23.7 Å². The van der Waals surface area contributed by atoms with Gasteiger partial charge in [0.25, 0.3) is 0 Å². The van der Waals surface area contributed by atoms with Crippen LogP contribution in [0.25, 0.3) is 11.0 Å². The van der Waals surface area contributed by atoms with Gasteiger partial charge in [0.15, 0.2) is 0 Å². The number of nitrogens with one attached hydrogen (secondary N) is 1. The molecule has 3 nitrogen and oxygen atoms in total. The molecule has 0 atom stereocenters. The van der Waals surface area contributed by atoms with Crippen LogP contribution < -0.4 is 10.1 Å². The van der Waals surface area contributed by atoms with E-state index in [4.69, 9.17) is 9.15 Å². The molecule has 0 spiro atoms. The predicted molar refractivity (Wildman–Crippen MR) is 84.5 cm³/mol. The molecule has 0 amide bonds. The molecule has 1 N–H and O–H groups in total. The molecular weight excluding hydrogens is 262 g/mol. The number of hydrogen-bond acceptors (Lipinski definition) is 3. The highest BCUT2D eigenvalue weighted by atomic mass is 16.5. The number of benzene rings is 2. The van der Waals surface area contributed by atoms with E-state index >= 15 is 0 Å². The number of fused-ring (bicyclic) bond motifs is 1. The van der Waals surface area contributed by atoms with Crippen LogP contribution in [0, 0.1) is 6.92 Å². The SMILES string of the molecule is CNCc1oc2ccccc2c1COc1ccc(C)cc1. The van der Waals surface area contributed by atoms with Gasteiger partial charge < -0.3 is 14.5 Å². The third-order valence-corrected chi connectivity index (χ3v) is 3.52. The van der Waals surface area contributed by atoms with Crippen LogP contribution in [0.2, 0.25) is 0 Å². The summed E-state index contributed by atoms with van der Waals surface area (Å²) < 4.78 is 11.8. The summed E-state index contributed by atoms with van der Waals surface area (Å²) in [6.07, 6.45) is 0. The van der Waals surface area contributed by atoms with Gasteiger partial charge in [-0.25, -0.2) is 0 Å². The van der Waals surface area contributed by atoms with Crippen molar-refractivity contribution in [3.8, 4) is 5.75 Å². The van der Waals surface area contributed by atoms with Crippen molar-refractivity contribution in [2.75, 3.05) is 7.05 Å². The standard InChI is InChI=1S/C18H19NO2/c1-13-7-9-14(10-8-13)20-12-16-15-5-3-4-6-17(15)21-18(16)11-19-2/h3-10,19H,11-12H2,1-2H3. The first kappa shape index (κ1) is 13.7. The number of aryl methyl sites for hydroxylation is 1. The highest BCUT2D eigenvalue weighted by Gasteiger charge is 2.13. The Hall–Kier alpha value is -2.26. The maximum absolute atomic E-state index is 5.91. The van der Waals surface area contributed by atoms with Crippen LogP contribution in [0.15, 0.2) is 52.9 Å². The summed E-state index contributed by atoms with van der Waals surface area (Å²) in [5.74, 6) is 1.81. The van der Waals surface area contributed by atoms with Crippen molar-refractivity contribution in [3.63, 3.8) is 0 Å². The Balaban J connectivity index is 1.87. The number of para-hydroxylation sites is 1. The summed E-state index contributed by atoms with van der Waals surface area (Å²) in [6, 6.07) is 16.2. The molecule has 0 aliphatic heterocycles. The Morgan fingerprint density at radius 2 is 1.81 bits per heavy atom. The Labute approximate surface area is 124 Å². The van der Waals surface area contributed by atoms with Crippen LogP contribution in [0.4, 0.5) is 0 Å². The molecule has 1 heterocycles. The second-order valence-electron chi connectivity index (χ2n) is 5.13. The molecule has 0 aliphatic carbocycles. The first-order valence-corrected chi connectivity index (χ1v) is 7.11. The molecule has 3 rings (SSSR count). The highest BCUT2D eigenvalue weighted by molar-refractivity contribution is 5.82. The predicted octanol–water partition coefficient (Wildman–Crippen LogP) is 4.04. The first-order chi connectivity index (χ1) is 10.3. The largest absolute Gasteiger partial charge is 0.489 e. The van der Waals surface area contributed by atoms with Crippen LogP contribution in [0.5, 0.6) is 5.75 Å². The van der Waals surface area contributed by atoms with Crippen LogP contribution in [0.3, 0.4) is 0 Å². The van der Waals surface area contributed by atoms with E-state index in [0.717, 1.165) is 28.0 Å². The molecule has 108 valence electrons. The lowest BCUT2D eigenvalue weighted by molar-refractivity contribution is 0.303. The van der Waals surface area contributed by atoms with Gasteiger partial charge in [-0.15, -0.1) is 0 Å². The fourth-order valence-corrected chi connectivity index (χ4v) is 2.40. The minimum absolute atomic E-state index is 0.511. The molecular formula is C18H19NO2. The molecule has 21 heavy (non-hydrogen) atoms. The van der Waals surface area contributed by atoms with E-state index < -0.39 is 0 Å². The van der Waals surface area contributed by atoms with Gasteiger partial charge in [-0.2, -0.15) is 0 Å². The van der Waals surface area contributed by atoms with Gasteiger partial charge in [0.05, 0.1) is 6.54 Å². The lowest BCUT2D eigenvalue weighted by atomic mass is 10.1. The lowest BCUT2D eigenvalue weighted by Gasteiger charge is -2.07. The van der Waals surface area contributed by atoms with E-state index in [1.165, 1.54) is 5.56 Å². The molecule has 3 heteroatoms. The molecule has 0 saturated carbocycles. The van der Waals surface area contributed by atoms with Crippen LogP contribution in [-0.4, -0.2) is 7.05 Å². The Morgan fingerprint density at radius 1 is 1.05 bits per heavy atom. The van der Waals surface area contributed by atoms with E-state index in [-0.39, 0.29) is 0 Å². The Kier molecular flexibility index (Phi) is 3.93. The molecule has 3 aromatic rings. The fraction of sp³-hybridized carbons (Fsp3) is 0.222. The fourth-order valence-electron chi connectivity index (χ4n) is 2.40. The second-order valence-corrected chi connectivity index (χ2v) is 5.13. The van der Waals surface area contributed by atoms with E-state index in [1.807, 2.05) is 37.4 Å². The van der Waals surface area contributed by atoms with Crippen molar-refractivity contribution in [1.82, 2.24) is 5.32 Å². The average Bonchev–Trinajstić information content (AvgIpc) is 2.85. The third kappa shape index (κ3) is 2.93.